The lowest BCUT2D eigenvalue weighted by Gasteiger charge is -2.21. The zero-order chi connectivity index (χ0) is 28.3. The number of pyridine rings is 1. The van der Waals surface area contributed by atoms with Crippen molar-refractivity contribution < 1.29 is 19.3 Å². The van der Waals surface area contributed by atoms with Crippen LogP contribution in [0.25, 0.3) is 11.1 Å². The van der Waals surface area contributed by atoms with Crippen molar-refractivity contribution in [2.45, 2.75) is 32.7 Å². The number of benzene rings is 3. The van der Waals surface area contributed by atoms with E-state index in [0.29, 0.717) is 48.6 Å². The molecule has 4 rings (SSSR count). The molecule has 0 saturated carbocycles. The highest BCUT2D eigenvalue weighted by Gasteiger charge is 2.17. The third-order valence-corrected chi connectivity index (χ3v) is 7.45. The molecule has 1 atom stereocenters. The van der Waals surface area contributed by atoms with Crippen LogP contribution >= 0.6 is 52.3 Å². The van der Waals surface area contributed by atoms with Gasteiger partial charge in [0.05, 0.1) is 24.3 Å². The molecule has 0 unspecified atom stereocenters. The Bertz CT molecular complexity index is 1410. The monoisotopic (exact) mass is 694 g/mol. The summed E-state index contributed by atoms with van der Waals surface area (Å²) >= 11 is 10.5. The summed E-state index contributed by atoms with van der Waals surface area (Å²) in [5.41, 5.74) is 4.92. The standard InChI is InChI=1S/C32H32BrClN2O4.2ClH/c1-3-38-22(2)29(19-37)36-18-26-15-28(34)31(16-30(26)39-20-23-9-8-14-35-17-23)40-21-25-12-7-13-27(32(25)33)24-10-5-4-6-11-24;;/h4-17,29,36-37H,2-3,18-21H2,1H3;2*1H/t29-;;/m0../s1. The maximum Gasteiger partial charge on any atom is 0.142 e. The summed E-state index contributed by atoms with van der Waals surface area (Å²) in [6.45, 7) is 7.09. The number of halogens is 4. The van der Waals surface area contributed by atoms with E-state index in [1.807, 2.05) is 55.5 Å². The highest BCUT2D eigenvalue weighted by molar-refractivity contribution is 9.10. The molecule has 1 aromatic heterocycles. The molecule has 0 aliphatic heterocycles. The topological polar surface area (TPSA) is 72.8 Å². The Labute approximate surface area is 273 Å². The van der Waals surface area contributed by atoms with Gasteiger partial charge in [-0.2, -0.15) is 0 Å². The van der Waals surface area contributed by atoms with Crippen molar-refractivity contribution in [3.8, 4) is 22.6 Å². The van der Waals surface area contributed by atoms with Crippen molar-refractivity contribution in [1.29, 1.82) is 0 Å². The Morgan fingerprint density at radius 1 is 0.976 bits per heavy atom. The van der Waals surface area contributed by atoms with Crippen molar-refractivity contribution >= 4 is 52.3 Å². The molecule has 0 spiro atoms. The molecular weight excluding hydrogens is 663 g/mol. The largest absolute Gasteiger partial charge is 0.497 e. The van der Waals surface area contributed by atoms with Crippen LogP contribution in [0.4, 0.5) is 0 Å². The molecular formula is C32H34BrCl3N2O4. The highest BCUT2D eigenvalue weighted by atomic mass is 79.9. The zero-order valence-electron chi connectivity index (χ0n) is 23.1. The van der Waals surface area contributed by atoms with Crippen LogP contribution in [-0.4, -0.2) is 29.3 Å². The van der Waals surface area contributed by atoms with E-state index in [9.17, 15) is 5.11 Å². The van der Waals surface area contributed by atoms with Gasteiger partial charge in [0, 0.05) is 46.2 Å². The average molecular weight is 697 g/mol. The number of hydrogen-bond acceptors (Lipinski definition) is 6. The van der Waals surface area contributed by atoms with Crippen LogP contribution in [-0.2, 0) is 24.5 Å². The second-order valence-electron chi connectivity index (χ2n) is 8.99. The zero-order valence-corrected chi connectivity index (χ0v) is 27.1. The molecule has 0 aliphatic carbocycles. The maximum atomic E-state index is 9.82. The average Bonchev–Trinajstić information content (AvgIpc) is 2.98. The summed E-state index contributed by atoms with van der Waals surface area (Å²) in [6, 6.07) is 23.3. The van der Waals surface area contributed by atoms with Crippen LogP contribution in [0.1, 0.15) is 23.6 Å². The van der Waals surface area contributed by atoms with Crippen molar-refractivity contribution in [2.24, 2.45) is 0 Å². The SMILES string of the molecule is C=C(OCC)[C@H](CO)NCc1cc(Cl)c(OCc2cccc(-c3ccccc3)c2Br)cc1OCc1cccnc1.Cl.Cl. The Hall–Kier alpha value is -2.78. The van der Waals surface area contributed by atoms with E-state index in [4.69, 9.17) is 25.8 Å². The van der Waals surface area contributed by atoms with E-state index >= 15 is 0 Å². The van der Waals surface area contributed by atoms with Crippen molar-refractivity contribution in [1.82, 2.24) is 10.3 Å². The van der Waals surface area contributed by atoms with Crippen LogP contribution in [0.5, 0.6) is 11.5 Å². The summed E-state index contributed by atoms with van der Waals surface area (Å²) in [7, 11) is 0. The number of ether oxygens (including phenoxy) is 3. The Kier molecular flexibility index (Phi) is 15.2. The van der Waals surface area contributed by atoms with Gasteiger partial charge in [0.15, 0.2) is 0 Å². The second-order valence-corrected chi connectivity index (χ2v) is 10.2. The first kappa shape index (κ1) is 35.4. The molecule has 4 aromatic rings. The number of nitrogens with zero attached hydrogens (tertiary/aromatic N) is 1. The summed E-state index contributed by atoms with van der Waals surface area (Å²) in [4.78, 5) is 4.16. The normalized spacial score (nSPS) is 11.0. The second kappa shape index (κ2) is 18.0. The molecule has 0 aliphatic rings. The van der Waals surface area contributed by atoms with E-state index < -0.39 is 6.04 Å². The summed E-state index contributed by atoms with van der Waals surface area (Å²) in [6.07, 6.45) is 3.48. The molecule has 0 fully saturated rings. The van der Waals surface area contributed by atoms with Crippen molar-refractivity contribution in [2.75, 3.05) is 13.2 Å². The summed E-state index contributed by atoms with van der Waals surface area (Å²) in [5, 5.41) is 13.5. The van der Waals surface area contributed by atoms with Crippen LogP contribution in [0.3, 0.4) is 0 Å². The number of hydrogen-bond donors (Lipinski definition) is 2. The lowest BCUT2D eigenvalue weighted by atomic mass is 10.0. The molecule has 1 heterocycles. The molecule has 6 nitrogen and oxygen atoms in total. The van der Waals surface area contributed by atoms with Gasteiger partial charge in [-0.05, 0) is 46.1 Å². The Balaban J connectivity index is 0.00000308. The van der Waals surface area contributed by atoms with E-state index in [1.165, 1.54) is 0 Å². The Morgan fingerprint density at radius 2 is 1.74 bits per heavy atom. The molecule has 0 amide bonds. The lowest BCUT2D eigenvalue weighted by molar-refractivity contribution is 0.164. The molecule has 2 N–H and O–H groups in total. The van der Waals surface area contributed by atoms with Gasteiger partial charge in [-0.25, -0.2) is 0 Å². The third kappa shape index (κ3) is 9.63. The van der Waals surface area contributed by atoms with Gasteiger partial charge in [0.25, 0.3) is 0 Å². The lowest BCUT2D eigenvalue weighted by Crippen LogP contribution is -2.34. The quantitative estimate of drug-likeness (QED) is 0.130. The van der Waals surface area contributed by atoms with E-state index in [0.717, 1.165) is 32.3 Å². The van der Waals surface area contributed by atoms with E-state index in [-0.39, 0.29) is 31.4 Å². The molecule has 0 saturated heterocycles. The van der Waals surface area contributed by atoms with Crippen LogP contribution < -0.4 is 14.8 Å². The predicted octanol–water partition coefficient (Wildman–Crippen LogP) is 8.17. The maximum absolute atomic E-state index is 9.82. The number of aliphatic hydroxyl groups is 1. The summed E-state index contributed by atoms with van der Waals surface area (Å²) < 4.78 is 18.9. The number of aliphatic hydroxyl groups excluding tert-OH is 1. The van der Waals surface area contributed by atoms with Gasteiger partial charge in [-0.3, -0.25) is 4.98 Å². The minimum atomic E-state index is -0.435. The van der Waals surface area contributed by atoms with Crippen molar-refractivity contribution in [3.63, 3.8) is 0 Å². The fourth-order valence-electron chi connectivity index (χ4n) is 4.09. The molecule has 0 radical (unpaired) electrons. The number of nitrogens with one attached hydrogen (secondary N) is 1. The minimum absolute atomic E-state index is 0. The third-order valence-electron chi connectivity index (χ3n) is 6.22. The van der Waals surface area contributed by atoms with Crippen LogP contribution in [0.2, 0.25) is 5.02 Å². The molecule has 10 heteroatoms. The fourth-order valence-corrected chi connectivity index (χ4v) is 4.94. The van der Waals surface area contributed by atoms with Crippen molar-refractivity contribution in [3.05, 3.63) is 124 Å². The first-order chi connectivity index (χ1) is 19.5. The predicted molar refractivity (Wildman–Crippen MR) is 177 cm³/mol. The van der Waals surface area contributed by atoms with Gasteiger partial charge < -0.3 is 24.6 Å². The first-order valence-corrected chi connectivity index (χ1v) is 14.1. The highest BCUT2D eigenvalue weighted by Crippen LogP contribution is 2.36. The van der Waals surface area contributed by atoms with Crippen LogP contribution in [0, 0.1) is 0 Å². The minimum Gasteiger partial charge on any atom is -0.497 e. The number of rotatable bonds is 14. The van der Waals surface area contributed by atoms with Gasteiger partial charge in [0.2, 0.25) is 0 Å². The van der Waals surface area contributed by atoms with Gasteiger partial charge in [-0.1, -0.05) is 72.8 Å². The number of aromatic nitrogens is 1. The van der Waals surface area contributed by atoms with E-state index in [2.05, 4.69) is 51.0 Å². The molecule has 0 bridgehead atoms. The molecule has 224 valence electrons. The molecule has 42 heavy (non-hydrogen) atoms. The summed E-state index contributed by atoms with van der Waals surface area (Å²) in [5.74, 6) is 1.57. The van der Waals surface area contributed by atoms with Gasteiger partial charge in [0.1, 0.15) is 30.5 Å². The van der Waals surface area contributed by atoms with Gasteiger partial charge in [-0.15, -0.1) is 24.8 Å². The fraction of sp³-hybridized carbons (Fsp3) is 0.219. The first-order valence-electron chi connectivity index (χ1n) is 13.0. The molecule has 3 aromatic carbocycles. The van der Waals surface area contributed by atoms with E-state index in [1.54, 1.807) is 18.5 Å². The van der Waals surface area contributed by atoms with Gasteiger partial charge >= 0.3 is 0 Å². The smallest absolute Gasteiger partial charge is 0.142 e. The van der Waals surface area contributed by atoms with Crippen LogP contribution in [0.15, 0.2) is 102 Å². The Morgan fingerprint density at radius 3 is 2.43 bits per heavy atom.